The van der Waals surface area contributed by atoms with Crippen molar-refractivity contribution in [1.82, 2.24) is 24.8 Å². The fourth-order valence-corrected chi connectivity index (χ4v) is 2.32. The van der Waals surface area contributed by atoms with E-state index in [4.69, 9.17) is 0 Å². The predicted molar refractivity (Wildman–Crippen MR) is 84.9 cm³/mol. The molecule has 0 aliphatic rings. The number of likely N-dealkylation sites (N-methyl/N-ethyl adjacent to an activating group) is 1. The zero-order valence-corrected chi connectivity index (χ0v) is 13.4. The lowest BCUT2D eigenvalue weighted by molar-refractivity contribution is -0.129. The molecule has 2 rings (SSSR count). The third kappa shape index (κ3) is 3.97. The predicted octanol–water partition coefficient (Wildman–Crippen LogP) is -0.227. The van der Waals surface area contributed by atoms with Gasteiger partial charge in [-0.25, -0.2) is 9.48 Å². The van der Waals surface area contributed by atoms with Crippen LogP contribution >= 0.6 is 0 Å². The zero-order valence-electron chi connectivity index (χ0n) is 13.4. The van der Waals surface area contributed by atoms with Crippen molar-refractivity contribution in [2.45, 2.75) is 32.9 Å². The van der Waals surface area contributed by atoms with Crippen LogP contribution in [0, 0.1) is 5.92 Å². The van der Waals surface area contributed by atoms with Crippen molar-refractivity contribution in [2.24, 2.45) is 5.92 Å². The van der Waals surface area contributed by atoms with Crippen LogP contribution in [0.1, 0.15) is 20.3 Å². The van der Waals surface area contributed by atoms with E-state index in [1.165, 1.54) is 11.4 Å². The minimum atomic E-state index is -0.625. The van der Waals surface area contributed by atoms with E-state index in [-0.39, 0.29) is 18.4 Å². The number of nitrogens with one attached hydrogen (secondary N) is 2. The van der Waals surface area contributed by atoms with Crippen LogP contribution in [0.5, 0.6) is 0 Å². The average Bonchev–Trinajstić information content (AvgIpc) is 2.82. The molecule has 8 heteroatoms. The van der Waals surface area contributed by atoms with Gasteiger partial charge in [0.25, 0.3) is 0 Å². The number of pyridine rings is 1. The van der Waals surface area contributed by atoms with Crippen LogP contribution in [0.15, 0.2) is 29.2 Å². The molecule has 0 aliphatic heterocycles. The molecule has 0 unspecified atom stereocenters. The zero-order chi connectivity index (χ0) is 17.0. The maximum atomic E-state index is 12.2. The normalized spacial score (nSPS) is 12.3. The molecule has 2 amide bonds. The highest BCUT2D eigenvalue weighted by molar-refractivity contribution is 5.87. The highest BCUT2D eigenvalue weighted by atomic mass is 16.2. The summed E-state index contributed by atoms with van der Waals surface area (Å²) in [6, 6.07) is 4.53. The first kappa shape index (κ1) is 16.7. The van der Waals surface area contributed by atoms with Crippen molar-refractivity contribution < 1.29 is 9.59 Å². The molecule has 1 atom stereocenters. The van der Waals surface area contributed by atoms with E-state index in [1.54, 1.807) is 24.4 Å². The molecule has 0 bridgehead atoms. The molecular weight excluding hydrogens is 298 g/mol. The number of rotatable bonds is 6. The van der Waals surface area contributed by atoms with Crippen molar-refractivity contribution in [2.75, 3.05) is 7.05 Å². The summed E-state index contributed by atoms with van der Waals surface area (Å²) in [4.78, 5) is 36.1. The van der Waals surface area contributed by atoms with Crippen LogP contribution < -0.4 is 16.3 Å². The van der Waals surface area contributed by atoms with Gasteiger partial charge in [0.2, 0.25) is 11.8 Å². The van der Waals surface area contributed by atoms with Crippen molar-refractivity contribution in [1.29, 1.82) is 0 Å². The van der Waals surface area contributed by atoms with E-state index in [2.05, 4.69) is 15.7 Å². The van der Waals surface area contributed by atoms with Gasteiger partial charge in [0, 0.05) is 13.2 Å². The van der Waals surface area contributed by atoms with E-state index in [0.717, 1.165) is 4.68 Å². The third-order valence-electron chi connectivity index (χ3n) is 3.39. The summed E-state index contributed by atoms with van der Waals surface area (Å²) >= 11 is 0. The highest BCUT2D eigenvalue weighted by Crippen LogP contribution is 2.05. The largest absolute Gasteiger partial charge is 0.357 e. The highest BCUT2D eigenvalue weighted by Gasteiger charge is 2.21. The lowest BCUT2D eigenvalue weighted by atomic mass is 10.0. The van der Waals surface area contributed by atoms with Gasteiger partial charge in [0.15, 0.2) is 5.65 Å². The molecule has 2 aromatic rings. The van der Waals surface area contributed by atoms with Gasteiger partial charge < -0.3 is 10.6 Å². The minimum absolute atomic E-state index is 0.230. The molecule has 0 aromatic carbocycles. The maximum absolute atomic E-state index is 12.2. The topological polar surface area (TPSA) is 97.5 Å². The van der Waals surface area contributed by atoms with Crippen LogP contribution in [0.3, 0.4) is 0 Å². The van der Waals surface area contributed by atoms with Crippen LogP contribution in [-0.2, 0) is 16.1 Å². The van der Waals surface area contributed by atoms with Crippen LogP contribution in [0.25, 0.3) is 5.65 Å². The number of nitrogens with zero attached hydrogens (tertiary/aromatic N) is 3. The Kier molecular flexibility index (Phi) is 5.15. The second-order valence-corrected chi connectivity index (χ2v) is 5.73. The molecule has 0 saturated heterocycles. The summed E-state index contributed by atoms with van der Waals surface area (Å²) < 4.78 is 2.44. The van der Waals surface area contributed by atoms with Crippen molar-refractivity contribution >= 4 is 17.5 Å². The smallest absolute Gasteiger partial charge is 0.350 e. The Hall–Kier alpha value is -2.64. The third-order valence-corrected chi connectivity index (χ3v) is 3.39. The Morgan fingerprint density at radius 1 is 1.30 bits per heavy atom. The number of fused-ring (bicyclic) bond motifs is 1. The minimum Gasteiger partial charge on any atom is -0.357 e. The molecule has 2 N–H and O–H groups in total. The van der Waals surface area contributed by atoms with Gasteiger partial charge >= 0.3 is 5.69 Å². The molecule has 0 spiro atoms. The SMILES string of the molecule is CNC(=O)[C@H](CC(C)C)NC(=O)Cn1nc2ccccn2c1=O. The van der Waals surface area contributed by atoms with Crippen LogP contribution in [0.4, 0.5) is 0 Å². The van der Waals surface area contributed by atoms with Gasteiger partial charge in [-0.3, -0.25) is 14.0 Å². The summed E-state index contributed by atoms with van der Waals surface area (Å²) in [5.74, 6) is -0.435. The molecule has 0 radical (unpaired) electrons. The Balaban J connectivity index is 2.12. The van der Waals surface area contributed by atoms with E-state index < -0.39 is 17.6 Å². The van der Waals surface area contributed by atoms with Crippen LogP contribution in [-0.4, -0.2) is 39.1 Å². The van der Waals surface area contributed by atoms with Gasteiger partial charge in [-0.2, -0.15) is 0 Å². The van der Waals surface area contributed by atoms with Gasteiger partial charge in [-0.1, -0.05) is 19.9 Å². The van der Waals surface area contributed by atoms with E-state index in [9.17, 15) is 14.4 Å². The summed E-state index contributed by atoms with van der Waals surface area (Å²) in [6.07, 6.45) is 2.11. The van der Waals surface area contributed by atoms with Gasteiger partial charge in [-0.15, -0.1) is 5.10 Å². The number of hydrogen-bond donors (Lipinski definition) is 2. The second kappa shape index (κ2) is 7.08. The first-order chi connectivity index (χ1) is 10.9. The molecule has 23 heavy (non-hydrogen) atoms. The lowest BCUT2D eigenvalue weighted by Gasteiger charge is -2.18. The fourth-order valence-electron chi connectivity index (χ4n) is 2.32. The van der Waals surface area contributed by atoms with Gasteiger partial charge in [0.05, 0.1) is 0 Å². The number of carbonyl (C=O) groups is 2. The first-order valence-electron chi connectivity index (χ1n) is 7.47. The number of carbonyl (C=O) groups excluding carboxylic acids is 2. The molecule has 0 aliphatic carbocycles. The summed E-state index contributed by atoms with van der Waals surface area (Å²) in [5.41, 5.74) is 0.0754. The molecular formula is C15H21N5O3. The molecule has 0 fully saturated rings. The van der Waals surface area contributed by atoms with E-state index >= 15 is 0 Å². The second-order valence-electron chi connectivity index (χ2n) is 5.73. The Labute approximate surface area is 133 Å². The van der Waals surface area contributed by atoms with Crippen molar-refractivity contribution in [3.05, 3.63) is 34.9 Å². The Bertz CT molecular complexity index is 762. The van der Waals surface area contributed by atoms with Gasteiger partial charge in [-0.05, 0) is 24.5 Å². The monoisotopic (exact) mass is 319 g/mol. The maximum Gasteiger partial charge on any atom is 0.350 e. The first-order valence-corrected chi connectivity index (χ1v) is 7.47. The summed E-state index contributed by atoms with van der Waals surface area (Å²) in [7, 11) is 1.52. The average molecular weight is 319 g/mol. The van der Waals surface area contributed by atoms with Crippen molar-refractivity contribution in [3.8, 4) is 0 Å². The quantitative estimate of drug-likeness (QED) is 0.769. The molecule has 2 aromatic heterocycles. The summed E-state index contributed by atoms with van der Waals surface area (Å²) in [6.45, 7) is 3.70. The molecule has 8 nitrogen and oxygen atoms in total. The van der Waals surface area contributed by atoms with Crippen molar-refractivity contribution in [3.63, 3.8) is 0 Å². The number of hydrogen-bond acceptors (Lipinski definition) is 4. The molecule has 124 valence electrons. The number of aromatic nitrogens is 3. The molecule has 0 saturated carbocycles. The van der Waals surface area contributed by atoms with E-state index in [1.807, 2.05) is 13.8 Å². The van der Waals surface area contributed by atoms with Crippen LogP contribution in [0.2, 0.25) is 0 Å². The number of amides is 2. The Morgan fingerprint density at radius 3 is 2.65 bits per heavy atom. The van der Waals surface area contributed by atoms with E-state index in [0.29, 0.717) is 12.1 Å². The summed E-state index contributed by atoms with van der Waals surface area (Å²) in [5, 5.41) is 9.28. The fraction of sp³-hybridized carbons (Fsp3) is 0.467. The lowest BCUT2D eigenvalue weighted by Crippen LogP contribution is -2.48. The molecule has 2 heterocycles. The van der Waals surface area contributed by atoms with Gasteiger partial charge in [0.1, 0.15) is 12.6 Å². The standard InChI is InChI=1S/C15H21N5O3/c1-10(2)8-11(14(22)16-3)17-13(21)9-20-15(23)19-7-5-4-6-12(19)18-20/h4-7,10-11H,8-9H2,1-3H3,(H,16,22)(H,17,21)/t11-/m0/s1. The Morgan fingerprint density at radius 2 is 2.04 bits per heavy atom.